The molecule has 0 aliphatic heterocycles. The van der Waals surface area contributed by atoms with Crippen LogP contribution < -0.4 is 10.1 Å². The number of ether oxygens (including phenoxy) is 2. The van der Waals surface area contributed by atoms with E-state index < -0.39 is 22.8 Å². The first-order valence-corrected chi connectivity index (χ1v) is 8.62. The summed E-state index contributed by atoms with van der Waals surface area (Å²) in [6.07, 6.45) is 0. The van der Waals surface area contributed by atoms with Gasteiger partial charge in [0.05, 0.1) is 11.5 Å². The molecule has 0 radical (unpaired) electrons. The van der Waals surface area contributed by atoms with Crippen molar-refractivity contribution >= 4 is 30.2 Å². The molecule has 144 valence electrons. The van der Waals surface area contributed by atoms with Crippen molar-refractivity contribution < 1.29 is 28.4 Å². The number of carbonyl (C=O) groups excluding carboxylic acids is 2. The Hall–Kier alpha value is -3.01. The monoisotopic (exact) mass is 394 g/mol. The summed E-state index contributed by atoms with van der Waals surface area (Å²) < 4.78 is 15.6. The fraction of sp³-hybridized carbons (Fsp3) is 0.294. The largest absolute Gasteiger partial charge is 0.479 e. The third-order valence-electron chi connectivity index (χ3n) is 3.38. The van der Waals surface area contributed by atoms with Crippen molar-refractivity contribution in [3.05, 3.63) is 58.0 Å². The summed E-state index contributed by atoms with van der Waals surface area (Å²) >= 11 is 4.02. The summed E-state index contributed by atoms with van der Waals surface area (Å²) in [5.74, 6) is -0.795. The number of para-hydroxylation sites is 2. The van der Waals surface area contributed by atoms with E-state index in [0.29, 0.717) is 0 Å². The average molecular weight is 394 g/mol. The van der Waals surface area contributed by atoms with Crippen molar-refractivity contribution in [1.29, 1.82) is 0 Å². The number of amides is 1. The van der Waals surface area contributed by atoms with Crippen LogP contribution in [-0.4, -0.2) is 35.2 Å². The van der Waals surface area contributed by atoms with E-state index in [0.717, 1.165) is 0 Å². The molecule has 0 unspecified atom stereocenters. The number of nitrogens with zero attached hydrogens (tertiary/aromatic N) is 1. The summed E-state index contributed by atoms with van der Waals surface area (Å²) in [4.78, 5) is 34.3. The molecule has 0 spiro atoms. The lowest BCUT2D eigenvalue weighted by Crippen LogP contribution is -2.43. The Labute approximate surface area is 160 Å². The smallest absolute Gasteiger partial charge is 0.329 e. The fourth-order valence-electron chi connectivity index (χ4n) is 2.11. The minimum Gasteiger partial charge on any atom is -0.479 e. The van der Waals surface area contributed by atoms with Gasteiger partial charge in [-0.2, -0.15) is 12.6 Å². The minimum absolute atomic E-state index is 0.0350. The van der Waals surface area contributed by atoms with Gasteiger partial charge in [-0.15, -0.1) is 0 Å². The number of nitro groups is 1. The van der Waals surface area contributed by atoms with Crippen molar-refractivity contribution in [3.63, 3.8) is 0 Å². The van der Waals surface area contributed by atoms with Gasteiger partial charge in [0.25, 0.3) is 5.91 Å². The molecular weight excluding hydrogens is 376 g/mol. The third-order valence-corrected chi connectivity index (χ3v) is 3.74. The van der Waals surface area contributed by atoms with Crippen molar-refractivity contribution in [2.75, 3.05) is 12.4 Å². The molecule has 0 aliphatic rings. The predicted molar refractivity (Wildman–Crippen MR) is 97.9 cm³/mol. The lowest BCUT2D eigenvalue weighted by Gasteiger charge is -2.13. The van der Waals surface area contributed by atoms with Gasteiger partial charge in [0.15, 0.2) is 11.5 Å². The number of benzene rings is 1. The highest BCUT2D eigenvalue weighted by Gasteiger charge is 2.23. The Morgan fingerprint density at radius 2 is 2.04 bits per heavy atom. The Bertz CT molecular complexity index is 821. The van der Waals surface area contributed by atoms with Gasteiger partial charge in [-0.1, -0.05) is 12.1 Å². The molecule has 1 heterocycles. The van der Waals surface area contributed by atoms with E-state index in [1.54, 1.807) is 13.0 Å². The number of nitrogens with one attached hydrogen (secondary N) is 1. The number of carbonyl (C=O) groups is 2. The quantitative estimate of drug-likeness (QED) is 0.290. The molecule has 0 fully saturated rings. The standard InChI is InChI=1S/C17H18N2O7S/c1-2-24-17(21)12(10-27)18-16(20)15-8-7-11(26-15)9-25-14-6-4-3-5-13(14)19(22)23/h3-8,12,27H,2,9-10H2,1H3,(H,18,20)/t12-/m0/s1. The number of hydrogen-bond donors (Lipinski definition) is 2. The van der Waals surface area contributed by atoms with Gasteiger partial charge in [-0.25, -0.2) is 4.79 Å². The van der Waals surface area contributed by atoms with Gasteiger partial charge in [-0.3, -0.25) is 14.9 Å². The van der Waals surface area contributed by atoms with Crippen molar-refractivity contribution in [2.45, 2.75) is 19.6 Å². The maximum absolute atomic E-state index is 12.2. The summed E-state index contributed by atoms with van der Waals surface area (Å²) in [5, 5.41) is 13.4. The van der Waals surface area contributed by atoms with Crippen LogP contribution >= 0.6 is 12.6 Å². The van der Waals surface area contributed by atoms with Crippen LogP contribution in [0.3, 0.4) is 0 Å². The number of thiol groups is 1. The number of esters is 1. The summed E-state index contributed by atoms with van der Waals surface area (Å²) in [6, 6.07) is 7.93. The number of nitro benzene ring substituents is 1. The molecule has 0 bridgehead atoms. The highest BCUT2D eigenvalue weighted by atomic mass is 32.1. The fourth-order valence-corrected chi connectivity index (χ4v) is 2.35. The first-order valence-electron chi connectivity index (χ1n) is 7.99. The Kier molecular flexibility index (Phi) is 7.24. The molecular formula is C17H18N2O7S. The molecule has 1 atom stereocenters. The van der Waals surface area contributed by atoms with Gasteiger partial charge in [0.2, 0.25) is 0 Å². The van der Waals surface area contributed by atoms with Crippen LogP contribution in [0.5, 0.6) is 5.75 Å². The molecule has 1 aromatic carbocycles. The van der Waals surface area contributed by atoms with Crippen LogP contribution in [0.15, 0.2) is 40.8 Å². The van der Waals surface area contributed by atoms with Gasteiger partial charge < -0.3 is 19.2 Å². The van der Waals surface area contributed by atoms with Gasteiger partial charge in [-0.05, 0) is 25.1 Å². The van der Waals surface area contributed by atoms with Gasteiger partial charge >= 0.3 is 11.7 Å². The summed E-state index contributed by atoms with van der Waals surface area (Å²) in [5.41, 5.74) is -0.173. The van der Waals surface area contributed by atoms with Crippen molar-refractivity contribution in [1.82, 2.24) is 5.32 Å². The zero-order chi connectivity index (χ0) is 19.8. The molecule has 1 amide bonds. The third kappa shape index (κ3) is 5.48. The molecule has 10 heteroatoms. The molecule has 2 aromatic rings. The minimum atomic E-state index is -0.905. The van der Waals surface area contributed by atoms with Gasteiger partial charge in [0.1, 0.15) is 18.4 Å². The number of rotatable bonds is 9. The van der Waals surface area contributed by atoms with Crippen LogP contribution in [0.25, 0.3) is 0 Å². The summed E-state index contributed by atoms with van der Waals surface area (Å²) in [6.45, 7) is 1.74. The molecule has 0 saturated carbocycles. The van der Waals surface area contributed by atoms with Crippen LogP contribution in [0, 0.1) is 10.1 Å². The molecule has 2 rings (SSSR count). The molecule has 0 aliphatic carbocycles. The van der Waals surface area contributed by atoms with E-state index in [2.05, 4.69) is 17.9 Å². The Morgan fingerprint density at radius 1 is 1.30 bits per heavy atom. The van der Waals surface area contributed by atoms with E-state index in [4.69, 9.17) is 13.9 Å². The van der Waals surface area contributed by atoms with Gasteiger partial charge in [0, 0.05) is 11.8 Å². The SMILES string of the molecule is CCOC(=O)[C@H](CS)NC(=O)c1ccc(COc2ccccc2[N+](=O)[O-])o1. The highest BCUT2D eigenvalue weighted by Crippen LogP contribution is 2.26. The zero-order valence-electron chi connectivity index (χ0n) is 14.4. The zero-order valence-corrected chi connectivity index (χ0v) is 15.3. The van der Waals surface area contributed by atoms with Crippen LogP contribution in [0.2, 0.25) is 0 Å². The van der Waals surface area contributed by atoms with E-state index in [-0.39, 0.29) is 41.9 Å². The second-order valence-corrected chi connectivity index (χ2v) is 5.61. The van der Waals surface area contributed by atoms with E-state index in [1.165, 1.54) is 30.3 Å². The average Bonchev–Trinajstić information content (AvgIpc) is 3.13. The first-order chi connectivity index (χ1) is 13.0. The van der Waals surface area contributed by atoms with E-state index in [9.17, 15) is 19.7 Å². The topological polar surface area (TPSA) is 121 Å². The van der Waals surface area contributed by atoms with E-state index in [1.807, 2.05) is 0 Å². The lowest BCUT2D eigenvalue weighted by molar-refractivity contribution is -0.386. The molecule has 1 aromatic heterocycles. The molecule has 27 heavy (non-hydrogen) atoms. The Balaban J connectivity index is 1.99. The number of hydrogen-bond acceptors (Lipinski definition) is 8. The second kappa shape index (κ2) is 9.62. The number of furan rings is 1. The Morgan fingerprint density at radius 3 is 2.70 bits per heavy atom. The predicted octanol–water partition coefficient (Wildman–Crippen LogP) is 2.36. The van der Waals surface area contributed by atoms with Crippen LogP contribution in [0.1, 0.15) is 23.2 Å². The maximum Gasteiger partial charge on any atom is 0.329 e. The second-order valence-electron chi connectivity index (χ2n) is 5.24. The molecule has 0 saturated heterocycles. The van der Waals surface area contributed by atoms with Crippen molar-refractivity contribution in [2.24, 2.45) is 0 Å². The van der Waals surface area contributed by atoms with Crippen LogP contribution in [0.4, 0.5) is 5.69 Å². The summed E-state index contributed by atoms with van der Waals surface area (Å²) in [7, 11) is 0. The normalized spacial score (nSPS) is 11.5. The van der Waals surface area contributed by atoms with Crippen molar-refractivity contribution in [3.8, 4) is 5.75 Å². The van der Waals surface area contributed by atoms with Crippen LogP contribution in [-0.2, 0) is 16.1 Å². The molecule has 9 nitrogen and oxygen atoms in total. The molecule has 1 N–H and O–H groups in total. The highest BCUT2D eigenvalue weighted by molar-refractivity contribution is 7.80. The maximum atomic E-state index is 12.2. The van der Waals surface area contributed by atoms with E-state index >= 15 is 0 Å². The first kappa shape index (κ1) is 20.3. The lowest BCUT2D eigenvalue weighted by atomic mass is 10.3.